The lowest BCUT2D eigenvalue weighted by molar-refractivity contribution is -0.277. The largest absolute Gasteiger partial charge is 0.367 e. The summed E-state index contributed by atoms with van der Waals surface area (Å²) < 4.78 is 0. The predicted molar refractivity (Wildman–Crippen MR) is 64.8 cm³/mol. The first kappa shape index (κ1) is 13.5. The fourth-order valence-corrected chi connectivity index (χ4v) is 3.74. The summed E-state index contributed by atoms with van der Waals surface area (Å²) in [5.74, 6) is -0.235. The van der Waals surface area contributed by atoms with Crippen LogP contribution in [0.3, 0.4) is 0 Å². The van der Waals surface area contributed by atoms with E-state index in [2.05, 4.69) is 41.5 Å². The van der Waals surface area contributed by atoms with E-state index in [9.17, 15) is 4.79 Å². The molecule has 0 aliphatic carbocycles. The Hall–Kier alpha value is -0.570. The van der Waals surface area contributed by atoms with Gasteiger partial charge in [-0.25, -0.2) is 0 Å². The third-order valence-corrected chi connectivity index (χ3v) is 3.14. The molecule has 0 aromatic carbocycles. The van der Waals surface area contributed by atoms with Gasteiger partial charge in [-0.3, -0.25) is 4.79 Å². The number of piperidine rings is 1. The Balaban J connectivity index is 3.01. The third kappa shape index (κ3) is 2.76. The second-order valence-electron chi connectivity index (χ2n) is 7.02. The first-order valence-electron chi connectivity index (χ1n) is 5.95. The van der Waals surface area contributed by atoms with Gasteiger partial charge in [0.1, 0.15) is 0 Å². The van der Waals surface area contributed by atoms with E-state index in [0.717, 1.165) is 12.8 Å². The fourth-order valence-electron chi connectivity index (χ4n) is 3.74. The molecular weight excluding hydrogens is 202 g/mol. The number of carbonyl (C=O) groups excluding carboxylic acids is 1. The first-order chi connectivity index (χ1) is 6.96. The summed E-state index contributed by atoms with van der Waals surface area (Å²) in [4.78, 5) is 16.6. The standard InChI is InChI=1S/C13H25NO2/c1-10(15)16-14-12(4,5)8-11(2,3)9-13(14,6)7/h8-9H2,1-7H3. The van der Waals surface area contributed by atoms with E-state index in [1.807, 2.05) is 5.06 Å². The Bertz CT molecular complexity index is 272. The average Bonchev–Trinajstić information content (AvgIpc) is 1.92. The zero-order chi connectivity index (χ0) is 12.8. The lowest BCUT2D eigenvalue weighted by Crippen LogP contribution is -2.62. The first-order valence-corrected chi connectivity index (χ1v) is 5.95. The van der Waals surface area contributed by atoms with Crippen LogP contribution in [0.5, 0.6) is 0 Å². The van der Waals surface area contributed by atoms with Gasteiger partial charge >= 0.3 is 5.97 Å². The van der Waals surface area contributed by atoms with Crippen molar-refractivity contribution in [3.63, 3.8) is 0 Å². The molecule has 1 aliphatic rings. The van der Waals surface area contributed by atoms with Gasteiger partial charge in [-0.2, -0.15) is 0 Å². The van der Waals surface area contributed by atoms with Crippen LogP contribution in [0.1, 0.15) is 61.3 Å². The molecule has 0 N–H and O–H groups in total. The van der Waals surface area contributed by atoms with Crippen molar-refractivity contribution < 1.29 is 9.63 Å². The Morgan fingerprint density at radius 1 is 1.00 bits per heavy atom. The van der Waals surface area contributed by atoms with Crippen molar-refractivity contribution in [1.29, 1.82) is 0 Å². The van der Waals surface area contributed by atoms with Gasteiger partial charge < -0.3 is 4.84 Å². The molecule has 1 fully saturated rings. The summed E-state index contributed by atoms with van der Waals surface area (Å²) in [5.41, 5.74) is 0.0531. The van der Waals surface area contributed by atoms with Gasteiger partial charge in [-0.15, -0.1) is 5.06 Å². The molecule has 0 bridgehead atoms. The van der Waals surface area contributed by atoms with Gasteiger partial charge in [0.2, 0.25) is 0 Å². The number of nitrogens with zero attached hydrogens (tertiary/aromatic N) is 1. The zero-order valence-electron chi connectivity index (χ0n) is 11.7. The minimum absolute atomic E-state index is 0.114. The van der Waals surface area contributed by atoms with E-state index in [0.29, 0.717) is 0 Å². The fraction of sp³-hybridized carbons (Fsp3) is 0.923. The lowest BCUT2D eigenvalue weighted by atomic mass is 9.67. The van der Waals surface area contributed by atoms with Crippen molar-refractivity contribution in [3.05, 3.63) is 0 Å². The quantitative estimate of drug-likeness (QED) is 0.689. The van der Waals surface area contributed by atoms with E-state index in [4.69, 9.17) is 4.84 Å². The normalized spacial score (nSPS) is 27.4. The van der Waals surface area contributed by atoms with Crippen molar-refractivity contribution in [1.82, 2.24) is 5.06 Å². The van der Waals surface area contributed by atoms with Crippen LogP contribution in [0.25, 0.3) is 0 Å². The van der Waals surface area contributed by atoms with Gasteiger partial charge in [-0.05, 0) is 46.0 Å². The van der Waals surface area contributed by atoms with Crippen molar-refractivity contribution in [2.45, 2.75) is 72.4 Å². The second-order valence-corrected chi connectivity index (χ2v) is 7.02. The Morgan fingerprint density at radius 2 is 1.38 bits per heavy atom. The highest BCUT2D eigenvalue weighted by atomic mass is 16.7. The van der Waals surface area contributed by atoms with Crippen LogP contribution in [0.2, 0.25) is 0 Å². The number of carbonyl (C=O) groups is 1. The molecule has 0 spiro atoms. The number of hydrogen-bond acceptors (Lipinski definition) is 3. The van der Waals surface area contributed by atoms with E-state index >= 15 is 0 Å². The molecule has 0 saturated carbocycles. The van der Waals surface area contributed by atoms with Crippen LogP contribution in [0.15, 0.2) is 0 Å². The highest BCUT2D eigenvalue weighted by Gasteiger charge is 2.50. The molecule has 0 radical (unpaired) electrons. The molecule has 3 heteroatoms. The maximum Gasteiger partial charge on any atom is 0.322 e. The zero-order valence-corrected chi connectivity index (χ0v) is 11.7. The van der Waals surface area contributed by atoms with Gasteiger partial charge in [0.15, 0.2) is 0 Å². The Morgan fingerprint density at radius 3 is 1.69 bits per heavy atom. The van der Waals surface area contributed by atoms with Gasteiger partial charge in [0.05, 0.1) is 11.1 Å². The topological polar surface area (TPSA) is 29.5 Å². The number of hydrogen-bond donors (Lipinski definition) is 0. The molecule has 1 rings (SSSR count). The average molecular weight is 227 g/mol. The maximum atomic E-state index is 11.2. The summed E-state index contributed by atoms with van der Waals surface area (Å²) in [5, 5.41) is 1.88. The molecule has 3 nitrogen and oxygen atoms in total. The highest BCUT2D eigenvalue weighted by molar-refractivity contribution is 5.65. The van der Waals surface area contributed by atoms with Crippen LogP contribution >= 0.6 is 0 Å². The van der Waals surface area contributed by atoms with Gasteiger partial charge in [0, 0.05) is 6.92 Å². The maximum absolute atomic E-state index is 11.2. The van der Waals surface area contributed by atoms with Crippen LogP contribution in [-0.2, 0) is 9.63 Å². The summed E-state index contributed by atoms with van der Waals surface area (Å²) >= 11 is 0. The van der Waals surface area contributed by atoms with Crippen LogP contribution in [0.4, 0.5) is 0 Å². The molecule has 94 valence electrons. The molecule has 16 heavy (non-hydrogen) atoms. The van der Waals surface area contributed by atoms with Crippen LogP contribution < -0.4 is 0 Å². The minimum atomic E-state index is -0.235. The lowest BCUT2D eigenvalue weighted by Gasteiger charge is -2.55. The molecule has 0 aromatic rings. The van der Waals surface area contributed by atoms with E-state index in [1.165, 1.54) is 6.92 Å². The molecule has 0 aromatic heterocycles. The van der Waals surface area contributed by atoms with E-state index in [-0.39, 0.29) is 22.5 Å². The van der Waals surface area contributed by atoms with Crippen molar-refractivity contribution in [2.24, 2.45) is 5.41 Å². The number of hydroxylamine groups is 2. The van der Waals surface area contributed by atoms with Crippen molar-refractivity contribution in [2.75, 3.05) is 0 Å². The Kier molecular flexibility index (Phi) is 3.14. The number of rotatable bonds is 1. The molecule has 0 unspecified atom stereocenters. The molecule has 0 amide bonds. The molecule has 0 atom stereocenters. The monoisotopic (exact) mass is 227 g/mol. The second kappa shape index (κ2) is 3.73. The molecule has 1 saturated heterocycles. The van der Waals surface area contributed by atoms with Gasteiger partial charge in [0.25, 0.3) is 0 Å². The van der Waals surface area contributed by atoms with Crippen LogP contribution in [0, 0.1) is 5.41 Å². The van der Waals surface area contributed by atoms with Crippen molar-refractivity contribution in [3.8, 4) is 0 Å². The van der Waals surface area contributed by atoms with E-state index < -0.39 is 0 Å². The summed E-state index contributed by atoms with van der Waals surface area (Å²) in [6.45, 7) is 14.6. The molecule has 1 heterocycles. The minimum Gasteiger partial charge on any atom is -0.367 e. The van der Waals surface area contributed by atoms with Crippen LogP contribution in [-0.4, -0.2) is 22.1 Å². The summed E-state index contributed by atoms with van der Waals surface area (Å²) in [6, 6.07) is 0. The smallest absolute Gasteiger partial charge is 0.322 e. The molecule has 1 aliphatic heterocycles. The SMILES string of the molecule is CC(=O)ON1C(C)(C)CC(C)(C)CC1(C)C. The summed E-state index contributed by atoms with van der Waals surface area (Å²) in [7, 11) is 0. The highest BCUT2D eigenvalue weighted by Crippen LogP contribution is 2.47. The Labute approximate surface area is 99.1 Å². The molecular formula is C13H25NO2. The van der Waals surface area contributed by atoms with Crippen molar-refractivity contribution >= 4 is 5.97 Å². The predicted octanol–water partition coefficient (Wildman–Crippen LogP) is 3.14. The summed E-state index contributed by atoms with van der Waals surface area (Å²) in [6.07, 6.45) is 2.05. The van der Waals surface area contributed by atoms with E-state index in [1.54, 1.807) is 0 Å². The third-order valence-electron chi connectivity index (χ3n) is 3.14. The van der Waals surface area contributed by atoms with Gasteiger partial charge in [-0.1, -0.05) is 13.8 Å².